The Morgan fingerprint density at radius 2 is 1.38 bits per heavy atom. The molecule has 1 aliphatic rings. The van der Waals surface area contributed by atoms with E-state index in [-0.39, 0.29) is 40.8 Å². The largest absolute Gasteiger partial charge is 0.407 e. The van der Waals surface area contributed by atoms with E-state index in [1.54, 1.807) is 0 Å². The summed E-state index contributed by atoms with van der Waals surface area (Å²) in [4.78, 5) is 30.4. The van der Waals surface area contributed by atoms with E-state index in [4.69, 9.17) is 4.43 Å². The number of likely N-dealkylation sites (N-methyl/N-ethyl adjacent to an activating group) is 1. The van der Waals surface area contributed by atoms with E-state index in [1.165, 1.54) is 10.4 Å². The van der Waals surface area contributed by atoms with Crippen LogP contribution in [0, 0.1) is 11.8 Å². The standard InChI is InChI=1S/C36H48N2O3Si/c1-27(25-38-34(29(3)37(7)35(38)40)30-17-11-8-12-18-30)23-24-33(39)28(2)26-41-42(36(4,5)6,31-19-13-9-14-20-31)32-21-15-10-16-22-32/h8-22,27-29,34H,23-26H2,1-7H3/t27?,28-,29-,34-/m1/s1. The van der Waals surface area contributed by atoms with Crippen LogP contribution in [0.15, 0.2) is 91.0 Å². The maximum Gasteiger partial charge on any atom is 0.320 e. The van der Waals surface area contributed by atoms with E-state index >= 15 is 0 Å². The van der Waals surface area contributed by atoms with Crippen LogP contribution in [-0.4, -0.2) is 56.2 Å². The first-order chi connectivity index (χ1) is 20.0. The second kappa shape index (κ2) is 13.4. The fourth-order valence-corrected chi connectivity index (χ4v) is 11.1. The van der Waals surface area contributed by atoms with Crippen LogP contribution in [0.4, 0.5) is 4.79 Å². The number of hydrogen-bond donors (Lipinski definition) is 0. The summed E-state index contributed by atoms with van der Waals surface area (Å²) in [6.45, 7) is 14.1. The van der Waals surface area contributed by atoms with Gasteiger partial charge in [0.15, 0.2) is 0 Å². The number of carbonyl (C=O) groups excluding carboxylic acids is 2. The van der Waals surface area contributed by atoms with Gasteiger partial charge in [-0.25, -0.2) is 4.79 Å². The lowest BCUT2D eigenvalue weighted by Crippen LogP contribution is -2.67. The Morgan fingerprint density at radius 3 is 1.88 bits per heavy atom. The predicted molar refractivity (Wildman–Crippen MR) is 175 cm³/mol. The molecule has 1 heterocycles. The normalized spacial score (nSPS) is 19.2. The van der Waals surface area contributed by atoms with Crippen LogP contribution in [-0.2, 0) is 9.22 Å². The number of carbonyl (C=O) groups is 2. The Hall–Kier alpha value is -3.22. The topological polar surface area (TPSA) is 49.9 Å². The molecule has 1 unspecified atom stereocenters. The smallest absolute Gasteiger partial charge is 0.320 e. The molecule has 4 rings (SSSR count). The Labute approximate surface area is 254 Å². The molecule has 224 valence electrons. The first-order valence-corrected chi connectivity index (χ1v) is 17.2. The zero-order valence-corrected chi connectivity index (χ0v) is 27.4. The highest BCUT2D eigenvalue weighted by molar-refractivity contribution is 6.99. The zero-order valence-electron chi connectivity index (χ0n) is 26.4. The highest BCUT2D eigenvalue weighted by Gasteiger charge is 2.50. The summed E-state index contributed by atoms with van der Waals surface area (Å²) in [6.07, 6.45) is 1.22. The predicted octanol–water partition coefficient (Wildman–Crippen LogP) is 6.68. The number of rotatable bonds is 12. The van der Waals surface area contributed by atoms with Crippen molar-refractivity contribution in [3.63, 3.8) is 0 Å². The van der Waals surface area contributed by atoms with E-state index in [0.717, 1.165) is 12.0 Å². The van der Waals surface area contributed by atoms with Gasteiger partial charge in [0.25, 0.3) is 8.32 Å². The second-order valence-corrected chi connectivity index (χ2v) is 17.4. The lowest BCUT2D eigenvalue weighted by molar-refractivity contribution is -0.123. The summed E-state index contributed by atoms with van der Waals surface area (Å²) >= 11 is 0. The fourth-order valence-electron chi connectivity index (χ4n) is 6.44. The van der Waals surface area contributed by atoms with Crippen molar-refractivity contribution in [1.29, 1.82) is 0 Å². The average molecular weight is 585 g/mol. The van der Waals surface area contributed by atoms with Crippen molar-refractivity contribution in [3.8, 4) is 0 Å². The van der Waals surface area contributed by atoms with Crippen molar-refractivity contribution in [2.45, 2.75) is 71.5 Å². The summed E-state index contributed by atoms with van der Waals surface area (Å²) < 4.78 is 7.02. The maximum atomic E-state index is 13.4. The van der Waals surface area contributed by atoms with Crippen molar-refractivity contribution < 1.29 is 14.0 Å². The molecule has 0 aromatic heterocycles. The Balaban J connectivity index is 1.42. The maximum absolute atomic E-state index is 13.4. The van der Waals surface area contributed by atoms with Gasteiger partial charge in [0.05, 0.1) is 12.1 Å². The van der Waals surface area contributed by atoms with Crippen molar-refractivity contribution in [3.05, 3.63) is 96.6 Å². The van der Waals surface area contributed by atoms with E-state index in [0.29, 0.717) is 19.6 Å². The highest BCUT2D eigenvalue weighted by Crippen LogP contribution is 2.38. The summed E-state index contributed by atoms with van der Waals surface area (Å²) in [7, 11) is -0.810. The molecule has 2 amide bonds. The van der Waals surface area contributed by atoms with Gasteiger partial charge in [-0.1, -0.05) is 126 Å². The molecule has 0 bridgehead atoms. The lowest BCUT2D eigenvalue weighted by Gasteiger charge is -2.43. The Bertz CT molecular complexity index is 1270. The fraction of sp³-hybridized carbons (Fsp3) is 0.444. The minimum absolute atomic E-state index is 0.0145. The molecule has 1 aliphatic heterocycles. The molecule has 6 heteroatoms. The molecule has 42 heavy (non-hydrogen) atoms. The van der Waals surface area contributed by atoms with Crippen LogP contribution in [0.5, 0.6) is 0 Å². The summed E-state index contributed by atoms with van der Waals surface area (Å²) in [5.41, 5.74) is 1.15. The minimum atomic E-state index is -2.69. The van der Waals surface area contributed by atoms with Crippen LogP contribution in [0.1, 0.15) is 66.0 Å². The third-order valence-electron chi connectivity index (χ3n) is 9.00. The SMILES string of the molecule is CC(CCC(=O)[C@H](C)CO[Si](c1ccccc1)(c1ccccc1)C(C)(C)C)CN1C(=O)N(C)[C@H](C)[C@@H]1c1ccccc1. The molecule has 1 saturated heterocycles. The van der Waals surface area contributed by atoms with Gasteiger partial charge in [0, 0.05) is 32.5 Å². The monoisotopic (exact) mass is 584 g/mol. The van der Waals surface area contributed by atoms with Gasteiger partial charge in [0.1, 0.15) is 5.78 Å². The van der Waals surface area contributed by atoms with Crippen molar-refractivity contribution in [2.75, 3.05) is 20.2 Å². The third kappa shape index (κ3) is 6.55. The van der Waals surface area contributed by atoms with Gasteiger partial charge in [-0.2, -0.15) is 0 Å². The number of nitrogens with zero attached hydrogens (tertiary/aromatic N) is 2. The molecule has 0 spiro atoms. The van der Waals surface area contributed by atoms with Gasteiger partial charge in [-0.05, 0) is 40.2 Å². The third-order valence-corrected chi connectivity index (χ3v) is 14.0. The van der Waals surface area contributed by atoms with Gasteiger partial charge in [0.2, 0.25) is 0 Å². The quantitative estimate of drug-likeness (QED) is 0.223. The number of hydrogen-bond acceptors (Lipinski definition) is 3. The highest BCUT2D eigenvalue weighted by atomic mass is 28.4. The molecule has 0 saturated carbocycles. The molecular formula is C36H48N2O3Si. The van der Waals surface area contributed by atoms with Crippen molar-refractivity contribution in [2.24, 2.45) is 11.8 Å². The van der Waals surface area contributed by atoms with E-state index in [2.05, 4.69) is 95.3 Å². The van der Waals surface area contributed by atoms with E-state index < -0.39 is 8.32 Å². The van der Waals surface area contributed by atoms with Gasteiger partial charge >= 0.3 is 6.03 Å². The van der Waals surface area contributed by atoms with Crippen molar-refractivity contribution >= 4 is 30.5 Å². The molecule has 1 fully saturated rings. The van der Waals surface area contributed by atoms with Crippen molar-refractivity contribution in [1.82, 2.24) is 9.80 Å². The number of amides is 2. The van der Waals surface area contributed by atoms with Gasteiger partial charge in [-0.3, -0.25) is 4.79 Å². The molecular weight excluding hydrogens is 536 g/mol. The number of Topliss-reactive ketones (excluding diaryl/α,β-unsaturated/α-hetero) is 1. The van der Waals surface area contributed by atoms with Gasteiger partial charge < -0.3 is 14.2 Å². The molecule has 0 N–H and O–H groups in total. The molecule has 3 aromatic rings. The average Bonchev–Trinajstić information content (AvgIpc) is 3.19. The molecule has 4 atom stereocenters. The first-order valence-electron chi connectivity index (χ1n) is 15.3. The van der Waals surface area contributed by atoms with Crippen LogP contribution in [0.25, 0.3) is 0 Å². The number of benzene rings is 3. The minimum Gasteiger partial charge on any atom is -0.407 e. The van der Waals surface area contributed by atoms with E-state index in [9.17, 15) is 9.59 Å². The summed E-state index contributed by atoms with van der Waals surface area (Å²) in [5, 5.41) is 2.31. The Kier molecular flexibility index (Phi) is 10.1. The van der Waals surface area contributed by atoms with Crippen LogP contribution >= 0.6 is 0 Å². The van der Waals surface area contributed by atoms with Crippen LogP contribution in [0.3, 0.4) is 0 Å². The van der Waals surface area contributed by atoms with E-state index in [1.807, 2.05) is 54.1 Å². The summed E-state index contributed by atoms with van der Waals surface area (Å²) in [5.74, 6) is 0.209. The molecule has 0 radical (unpaired) electrons. The zero-order chi connectivity index (χ0) is 30.5. The lowest BCUT2D eigenvalue weighted by atomic mass is 9.96. The summed E-state index contributed by atoms with van der Waals surface area (Å²) in [6, 6.07) is 31.5. The number of ketones is 1. The van der Waals surface area contributed by atoms with Crippen LogP contribution in [0.2, 0.25) is 5.04 Å². The number of urea groups is 1. The first kappa shape index (κ1) is 31.7. The molecule has 0 aliphatic carbocycles. The second-order valence-electron chi connectivity index (χ2n) is 13.1. The Morgan fingerprint density at radius 1 is 0.881 bits per heavy atom. The van der Waals surface area contributed by atoms with Crippen LogP contribution < -0.4 is 10.4 Å². The van der Waals surface area contributed by atoms with Gasteiger partial charge in [-0.15, -0.1) is 0 Å². The molecule has 5 nitrogen and oxygen atoms in total. The molecule has 3 aromatic carbocycles.